The summed E-state index contributed by atoms with van der Waals surface area (Å²) >= 11 is 6.13. The smallest absolute Gasteiger partial charge is 0.457 e. The zero-order chi connectivity index (χ0) is 21.3. The molecule has 0 radical (unpaired) electrons. The van der Waals surface area contributed by atoms with Crippen LogP contribution in [-0.2, 0) is 19.1 Å². The molecule has 0 aromatic heterocycles. The van der Waals surface area contributed by atoms with Crippen molar-refractivity contribution in [1.29, 1.82) is 0 Å². The van der Waals surface area contributed by atoms with Crippen molar-refractivity contribution in [3.63, 3.8) is 0 Å². The Balaban J connectivity index is 2.15. The maximum absolute atomic E-state index is 12.5. The summed E-state index contributed by atoms with van der Waals surface area (Å²) in [4.78, 5) is 48.0. The molecule has 0 atom stereocenters. The van der Waals surface area contributed by atoms with Crippen LogP contribution in [0.5, 0.6) is 17.2 Å². The predicted octanol–water partition coefficient (Wildman–Crippen LogP) is 3.55. The van der Waals surface area contributed by atoms with Gasteiger partial charge in [0.05, 0.1) is 5.70 Å². The van der Waals surface area contributed by atoms with Gasteiger partial charge in [0.25, 0.3) is 0 Å². The first-order chi connectivity index (χ1) is 13.7. The van der Waals surface area contributed by atoms with Gasteiger partial charge in [0.15, 0.2) is 11.5 Å². The van der Waals surface area contributed by atoms with E-state index in [2.05, 4.69) is 4.74 Å². The fraction of sp³-hybridized carbons (Fsp3) is 0.263. The molecule has 0 bridgehead atoms. The standard InChI is InChI=1S/C19H16ClNO8/c1-9(22)21-14-6-12(20)4-5-15(14)28-16-7-13(26-10(2)23)8-17(18(16)21)29-19(25)27-11(3)24/h6-8H,4-5H2,1-3H3. The van der Waals surface area contributed by atoms with Gasteiger partial charge in [-0.1, -0.05) is 11.6 Å². The van der Waals surface area contributed by atoms with E-state index < -0.39 is 24.0 Å². The first kappa shape index (κ1) is 20.4. The van der Waals surface area contributed by atoms with Gasteiger partial charge in [0.2, 0.25) is 5.91 Å². The number of esters is 2. The van der Waals surface area contributed by atoms with Crippen LogP contribution in [0.15, 0.2) is 34.7 Å². The highest BCUT2D eigenvalue weighted by Gasteiger charge is 2.35. The van der Waals surface area contributed by atoms with Crippen LogP contribution in [-0.4, -0.2) is 24.0 Å². The van der Waals surface area contributed by atoms with Crippen molar-refractivity contribution in [2.24, 2.45) is 0 Å². The number of hydrogen-bond donors (Lipinski definition) is 0. The van der Waals surface area contributed by atoms with Crippen molar-refractivity contribution in [3.05, 3.63) is 34.7 Å². The number of allylic oxidation sites excluding steroid dienone is 3. The summed E-state index contributed by atoms with van der Waals surface area (Å²) in [6.07, 6.45) is 1.23. The first-order valence-electron chi connectivity index (χ1n) is 8.50. The lowest BCUT2D eigenvalue weighted by molar-refractivity contribution is -0.136. The van der Waals surface area contributed by atoms with Crippen LogP contribution in [0.2, 0.25) is 0 Å². The van der Waals surface area contributed by atoms with Crippen molar-refractivity contribution < 1.29 is 38.1 Å². The lowest BCUT2D eigenvalue weighted by atomic mass is 10.0. The van der Waals surface area contributed by atoms with Crippen molar-refractivity contribution >= 4 is 41.3 Å². The molecular formula is C19H16ClNO8. The molecule has 10 heteroatoms. The Bertz CT molecular complexity index is 994. The minimum atomic E-state index is -1.32. The molecule has 29 heavy (non-hydrogen) atoms. The van der Waals surface area contributed by atoms with Gasteiger partial charge in [-0.15, -0.1) is 0 Å². The molecule has 1 aromatic rings. The topological polar surface area (TPSA) is 108 Å². The van der Waals surface area contributed by atoms with Gasteiger partial charge in [-0.2, -0.15) is 0 Å². The molecule has 1 aliphatic carbocycles. The second kappa shape index (κ2) is 7.96. The Morgan fingerprint density at radius 2 is 1.76 bits per heavy atom. The van der Waals surface area contributed by atoms with E-state index in [0.717, 1.165) is 6.92 Å². The zero-order valence-corrected chi connectivity index (χ0v) is 16.5. The minimum absolute atomic E-state index is 0.0128. The number of halogens is 1. The molecule has 0 fully saturated rings. The molecule has 0 spiro atoms. The molecule has 1 aliphatic heterocycles. The first-order valence-corrected chi connectivity index (χ1v) is 8.88. The number of fused-ring (bicyclic) bond motifs is 1. The molecule has 2 aliphatic rings. The largest absolute Gasteiger partial charge is 0.521 e. The minimum Gasteiger partial charge on any atom is -0.457 e. The average molecular weight is 422 g/mol. The van der Waals surface area contributed by atoms with Crippen molar-refractivity contribution in [2.45, 2.75) is 33.6 Å². The number of hydrogen-bond acceptors (Lipinski definition) is 8. The molecular weight excluding hydrogens is 406 g/mol. The highest BCUT2D eigenvalue weighted by molar-refractivity contribution is 6.30. The Kier molecular flexibility index (Phi) is 5.60. The Morgan fingerprint density at radius 3 is 2.38 bits per heavy atom. The molecule has 0 saturated carbocycles. The second-order valence-corrected chi connectivity index (χ2v) is 6.65. The lowest BCUT2D eigenvalue weighted by Crippen LogP contribution is -2.34. The van der Waals surface area contributed by atoms with Gasteiger partial charge < -0.3 is 18.9 Å². The van der Waals surface area contributed by atoms with Gasteiger partial charge in [-0.25, -0.2) is 4.79 Å². The van der Waals surface area contributed by atoms with E-state index in [4.69, 9.17) is 25.8 Å². The third kappa shape index (κ3) is 4.40. The Hall–Kier alpha value is -3.33. The highest BCUT2D eigenvalue weighted by atomic mass is 35.5. The molecule has 1 heterocycles. The van der Waals surface area contributed by atoms with Crippen LogP contribution in [0.4, 0.5) is 10.5 Å². The van der Waals surface area contributed by atoms with Gasteiger partial charge in [0, 0.05) is 44.4 Å². The molecule has 9 nitrogen and oxygen atoms in total. The molecule has 0 N–H and O–H groups in total. The van der Waals surface area contributed by atoms with Crippen molar-refractivity contribution in [3.8, 4) is 17.2 Å². The predicted molar refractivity (Wildman–Crippen MR) is 99.5 cm³/mol. The van der Waals surface area contributed by atoms with E-state index in [9.17, 15) is 19.2 Å². The number of carbonyl (C=O) groups is 4. The molecule has 1 aromatic carbocycles. The summed E-state index contributed by atoms with van der Waals surface area (Å²) in [7, 11) is 0. The van der Waals surface area contributed by atoms with Gasteiger partial charge in [0.1, 0.15) is 17.2 Å². The van der Waals surface area contributed by atoms with Gasteiger partial charge in [-0.3, -0.25) is 19.3 Å². The Morgan fingerprint density at radius 1 is 1.03 bits per heavy atom. The fourth-order valence-corrected chi connectivity index (χ4v) is 3.12. The number of carbonyl (C=O) groups excluding carboxylic acids is 4. The van der Waals surface area contributed by atoms with Gasteiger partial charge in [-0.05, 0) is 12.5 Å². The molecule has 152 valence electrons. The van der Waals surface area contributed by atoms with E-state index in [-0.39, 0.29) is 22.9 Å². The summed E-state index contributed by atoms with van der Waals surface area (Å²) in [6.45, 7) is 3.54. The Labute approximate surface area is 170 Å². The van der Waals surface area contributed by atoms with E-state index in [1.165, 1.54) is 30.9 Å². The average Bonchev–Trinajstić information content (AvgIpc) is 2.58. The van der Waals surface area contributed by atoms with E-state index in [1.54, 1.807) is 6.08 Å². The highest BCUT2D eigenvalue weighted by Crippen LogP contribution is 2.49. The van der Waals surface area contributed by atoms with Crippen molar-refractivity contribution in [1.82, 2.24) is 0 Å². The van der Waals surface area contributed by atoms with Crippen LogP contribution < -0.4 is 19.1 Å². The summed E-state index contributed by atoms with van der Waals surface area (Å²) in [6, 6.07) is 2.60. The third-order valence-corrected chi connectivity index (χ3v) is 4.18. The van der Waals surface area contributed by atoms with Crippen LogP contribution >= 0.6 is 11.6 Å². The summed E-state index contributed by atoms with van der Waals surface area (Å²) in [5.74, 6) is -1.50. The SMILES string of the molecule is CC(=O)OC(=O)Oc1cc(OC(C)=O)cc2c1N(C(C)=O)C1=C(CCC(Cl)=C1)O2. The zero-order valence-electron chi connectivity index (χ0n) is 15.7. The number of nitrogens with zero attached hydrogens (tertiary/aromatic N) is 1. The van der Waals surface area contributed by atoms with E-state index in [1.807, 2.05) is 0 Å². The maximum Gasteiger partial charge on any atom is 0.521 e. The number of anilines is 1. The second-order valence-electron chi connectivity index (χ2n) is 6.16. The number of amides is 1. The molecule has 3 rings (SSSR count). The monoisotopic (exact) mass is 421 g/mol. The van der Waals surface area contributed by atoms with Crippen molar-refractivity contribution in [2.75, 3.05) is 4.90 Å². The van der Waals surface area contributed by atoms with E-state index >= 15 is 0 Å². The van der Waals surface area contributed by atoms with E-state index in [0.29, 0.717) is 29.3 Å². The lowest BCUT2D eigenvalue weighted by Gasteiger charge is -2.34. The van der Waals surface area contributed by atoms with Crippen LogP contribution in [0.3, 0.4) is 0 Å². The fourth-order valence-electron chi connectivity index (χ4n) is 2.92. The summed E-state index contributed by atoms with van der Waals surface area (Å²) in [5.41, 5.74) is 0.474. The molecule has 1 amide bonds. The van der Waals surface area contributed by atoms with Crippen LogP contribution in [0, 0.1) is 0 Å². The number of ether oxygens (including phenoxy) is 4. The summed E-state index contributed by atoms with van der Waals surface area (Å²) in [5, 5.41) is 0.525. The third-order valence-electron chi connectivity index (χ3n) is 3.88. The van der Waals surface area contributed by atoms with Crippen LogP contribution in [0.1, 0.15) is 33.6 Å². The van der Waals surface area contributed by atoms with Crippen LogP contribution in [0.25, 0.3) is 0 Å². The number of rotatable bonds is 2. The molecule has 0 saturated heterocycles. The maximum atomic E-state index is 12.5. The number of benzene rings is 1. The molecule has 0 unspecified atom stereocenters. The van der Waals surface area contributed by atoms with Gasteiger partial charge >= 0.3 is 18.1 Å². The quantitative estimate of drug-likeness (QED) is 0.309. The summed E-state index contributed by atoms with van der Waals surface area (Å²) < 4.78 is 20.4. The normalized spacial score (nSPS) is 14.8.